The van der Waals surface area contributed by atoms with Crippen molar-refractivity contribution in [2.24, 2.45) is 5.92 Å². The summed E-state index contributed by atoms with van der Waals surface area (Å²) in [7, 11) is 0. The van der Waals surface area contributed by atoms with E-state index in [0.717, 1.165) is 11.6 Å². The predicted octanol–water partition coefficient (Wildman–Crippen LogP) is 2.70. The average molecular weight is 352 g/mol. The molecule has 0 bridgehead atoms. The van der Waals surface area contributed by atoms with Gasteiger partial charge in [-0.3, -0.25) is 10.2 Å². The minimum absolute atomic E-state index is 0.00871. The average Bonchev–Trinajstić information content (AvgIpc) is 3.04. The summed E-state index contributed by atoms with van der Waals surface area (Å²) in [5.74, 6) is -1.88. The summed E-state index contributed by atoms with van der Waals surface area (Å²) in [6.45, 7) is 0.458. The molecular weight excluding hydrogens is 336 g/mol. The Balaban J connectivity index is 1.66. The molecule has 2 aromatic carbocycles. The molecule has 7 heteroatoms. The number of amides is 1. The molecule has 2 aromatic rings. The van der Waals surface area contributed by atoms with Crippen molar-refractivity contribution in [3.63, 3.8) is 0 Å². The van der Waals surface area contributed by atoms with Gasteiger partial charge in [0.2, 0.25) is 5.91 Å². The minimum atomic E-state index is -0.674. The van der Waals surface area contributed by atoms with Crippen molar-refractivity contribution >= 4 is 17.5 Å². The van der Waals surface area contributed by atoms with Crippen LogP contribution in [0.25, 0.3) is 0 Å². The molecule has 1 aliphatic heterocycles. The molecule has 1 heterocycles. The molecule has 0 aromatic heterocycles. The molecule has 0 saturated carbocycles. The van der Waals surface area contributed by atoms with E-state index in [1.165, 1.54) is 12.1 Å². The Hall–Kier alpha value is -2.02. The summed E-state index contributed by atoms with van der Waals surface area (Å²) in [4.78, 5) is 12.4. The number of halogens is 3. The molecule has 2 unspecified atom stereocenters. The largest absolute Gasteiger partial charge is 0.352 e. The lowest BCUT2D eigenvalue weighted by atomic mass is 9.94. The van der Waals surface area contributed by atoms with Gasteiger partial charge in [0.25, 0.3) is 0 Å². The molecule has 0 spiro atoms. The highest BCUT2D eigenvalue weighted by Crippen LogP contribution is 2.26. The fraction of sp³-hybridized carbons (Fsp3) is 0.235. The van der Waals surface area contributed by atoms with Crippen LogP contribution in [0.4, 0.5) is 8.78 Å². The third-order valence-electron chi connectivity index (χ3n) is 4.02. The molecule has 3 rings (SSSR count). The maximum atomic E-state index is 13.6. The number of benzene rings is 2. The van der Waals surface area contributed by atoms with Gasteiger partial charge in [0.15, 0.2) is 0 Å². The van der Waals surface area contributed by atoms with E-state index >= 15 is 0 Å². The second-order valence-electron chi connectivity index (χ2n) is 5.61. The topological polar surface area (TPSA) is 53.2 Å². The molecule has 1 fully saturated rings. The van der Waals surface area contributed by atoms with E-state index in [4.69, 9.17) is 11.6 Å². The van der Waals surface area contributed by atoms with Crippen LogP contribution in [0.2, 0.25) is 5.02 Å². The molecule has 1 saturated heterocycles. The molecule has 126 valence electrons. The number of carbonyl (C=O) groups excluding carboxylic acids is 1. The summed E-state index contributed by atoms with van der Waals surface area (Å²) in [5, 5.41) is 3.33. The highest BCUT2D eigenvalue weighted by Gasteiger charge is 2.33. The van der Waals surface area contributed by atoms with E-state index in [1.54, 1.807) is 12.1 Å². The molecule has 2 atom stereocenters. The van der Waals surface area contributed by atoms with Crippen molar-refractivity contribution in [1.29, 1.82) is 0 Å². The Morgan fingerprint density at radius 3 is 2.67 bits per heavy atom. The van der Waals surface area contributed by atoms with Gasteiger partial charge in [0.1, 0.15) is 11.6 Å². The Labute approximate surface area is 143 Å². The fourth-order valence-corrected chi connectivity index (χ4v) is 2.83. The van der Waals surface area contributed by atoms with Crippen LogP contribution in [0, 0.1) is 17.6 Å². The first-order valence-electron chi connectivity index (χ1n) is 7.50. The van der Waals surface area contributed by atoms with Crippen molar-refractivity contribution in [3.8, 4) is 0 Å². The Morgan fingerprint density at radius 2 is 1.96 bits per heavy atom. The Kier molecular flexibility index (Phi) is 5.08. The van der Waals surface area contributed by atoms with Crippen molar-refractivity contribution in [3.05, 3.63) is 70.2 Å². The molecule has 1 amide bonds. The van der Waals surface area contributed by atoms with E-state index in [0.29, 0.717) is 11.6 Å². The summed E-state index contributed by atoms with van der Waals surface area (Å²) in [6, 6.07) is 10.3. The van der Waals surface area contributed by atoms with Gasteiger partial charge in [0.05, 0.1) is 12.0 Å². The van der Waals surface area contributed by atoms with E-state index in [9.17, 15) is 13.6 Å². The smallest absolute Gasteiger partial charge is 0.226 e. The summed E-state index contributed by atoms with van der Waals surface area (Å²) in [6.07, 6.45) is 0. The lowest BCUT2D eigenvalue weighted by Gasteiger charge is -2.18. The summed E-state index contributed by atoms with van der Waals surface area (Å²) >= 11 is 5.88. The van der Waals surface area contributed by atoms with Gasteiger partial charge in [-0.05, 0) is 23.8 Å². The highest BCUT2D eigenvalue weighted by molar-refractivity contribution is 6.30. The second-order valence-corrected chi connectivity index (χ2v) is 6.05. The monoisotopic (exact) mass is 351 g/mol. The van der Waals surface area contributed by atoms with Crippen molar-refractivity contribution in [2.75, 3.05) is 6.54 Å². The molecule has 4 nitrogen and oxygen atoms in total. The number of nitrogens with one attached hydrogen (secondary N) is 3. The van der Waals surface area contributed by atoms with E-state index in [1.807, 2.05) is 12.1 Å². The van der Waals surface area contributed by atoms with Crippen LogP contribution < -0.4 is 16.2 Å². The fourth-order valence-electron chi connectivity index (χ4n) is 2.71. The first-order chi connectivity index (χ1) is 11.5. The van der Waals surface area contributed by atoms with Crippen LogP contribution in [0.15, 0.2) is 42.5 Å². The van der Waals surface area contributed by atoms with E-state index in [-0.39, 0.29) is 30.0 Å². The van der Waals surface area contributed by atoms with Crippen LogP contribution in [0.1, 0.15) is 17.2 Å². The molecule has 0 aliphatic carbocycles. The summed E-state index contributed by atoms with van der Waals surface area (Å²) < 4.78 is 26.5. The second kappa shape index (κ2) is 7.25. The zero-order valence-electron chi connectivity index (χ0n) is 12.7. The van der Waals surface area contributed by atoms with Crippen LogP contribution in [-0.4, -0.2) is 12.5 Å². The van der Waals surface area contributed by atoms with Gasteiger partial charge in [0, 0.05) is 29.7 Å². The van der Waals surface area contributed by atoms with Crippen molar-refractivity contribution < 1.29 is 13.6 Å². The van der Waals surface area contributed by atoms with Crippen LogP contribution >= 0.6 is 11.6 Å². The van der Waals surface area contributed by atoms with Crippen LogP contribution in [0.5, 0.6) is 0 Å². The van der Waals surface area contributed by atoms with Gasteiger partial charge in [-0.1, -0.05) is 29.8 Å². The molecule has 24 heavy (non-hydrogen) atoms. The maximum absolute atomic E-state index is 13.6. The third-order valence-corrected chi connectivity index (χ3v) is 4.27. The first kappa shape index (κ1) is 16.8. The first-order valence-corrected chi connectivity index (χ1v) is 7.88. The zero-order valence-corrected chi connectivity index (χ0v) is 13.4. The standard InChI is InChI=1S/C17H16ClF2N3O/c18-12-4-1-10(2-5-12)16-14(9-22-23-16)17(24)21-8-11-3-6-13(19)7-15(11)20/h1-7,14,16,22-23H,8-9H2,(H,21,24). The quantitative estimate of drug-likeness (QED) is 0.794. The predicted molar refractivity (Wildman–Crippen MR) is 87.0 cm³/mol. The number of rotatable bonds is 4. The number of carbonyl (C=O) groups is 1. The number of hydrogen-bond donors (Lipinski definition) is 3. The highest BCUT2D eigenvalue weighted by atomic mass is 35.5. The molecular formula is C17H16ClF2N3O. The Morgan fingerprint density at radius 1 is 1.21 bits per heavy atom. The maximum Gasteiger partial charge on any atom is 0.226 e. The molecule has 0 radical (unpaired) electrons. The zero-order chi connectivity index (χ0) is 17.1. The van der Waals surface area contributed by atoms with Crippen molar-refractivity contribution in [2.45, 2.75) is 12.6 Å². The lowest BCUT2D eigenvalue weighted by Crippen LogP contribution is -2.34. The van der Waals surface area contributed by atoms with Crippen LogP contribution in [0.3, 0.4) is 0 Å². The van der Waals surface area contributed by atoms with Gasteiger partial charge in [-0.2, -0.15) is 0 Å². The van der Waals surface area contributed by atoms with E-state index in [2.05, 4.69) is 16.2 Å². The third kappa shape index (κ3) is 3.72. The number of hydrogen-bond acceptors (Lipinski definition) is 3. The van der Waals surface area contributed by atoms with Crippen molar-refractivity contribution in [1.82, 2.24) is 16.2 Å². The lowest BCUT2D eigenvalue weighted by molar-refractivity contribution is -0.125. The van der Waals surface area contributed by atoms with E-state index < -0.39 is 11.6 Å². The number of hydrazine groups is 1. The van der Waals surface area contributed by atoms with Gasteiger partial charge in [-0.25, -0.2) is 14.2 Å². The normalized spacial score (nSPS) is 20.1. The minimum Gasteiger partial charge on any atom is -0.352 e. The SMILES string of the molecule is O=C(NCc1ccc(F)cc1F)C1CNNC1c1ccc(Cl)cc1. The van der Waals surface area contributed by atoms with Crippen LogP contribution in [-0.2, 0) is 11.3 Å². The summed E-state index contributed by atoms with van der Waals surface area (Å²) in [5.41, 5.74) is 7.20. The molecule has 3 N–H and O–H groups in total. The Bertz CT molecular complexity index is 739. The van der Waals surface area contributed by atoms with Gasteiger partial charge < -0.3 is 5.32 Å². The van der Waals surface area contributed by atoms with Gasteiger partial charge in [-0.15, -0.1) is 0 Å². The molecule has 1 aliphatic rings. The van der Waals surface area contributed by atoms with Gasteiger partial charge >= 0.3 is 0 Å².